The third kappa shape index (κ3) is 5.29. The zero-order valence-electron chi connectivity index (χ0n) is 15.5. The molecule has 1 aromatic heterocycles. The smallest absolute Gasteiger partial charge is 0.269 e. The van der Waals surface area contributed by atoms with E-state index in [4.69, 9.17) is 0 Å². The van der Waals surface area contributed by atoms with Gasteiger partial charge in [-0.1, -0.05) is 0 Å². The van der Waals surface area contributed by atoms with Gasteiger partial charge in [0.1, 0.15) is 5.82 Å². The first-order chi connectivity index (χ1) is 14.7. The van der Waals surface area contributed by atoms with Gasteiger partial charge < -0.3 is 4.90 Å². The van der Waals surface area contributed by atoms with E-state index in [0.717, 1.165) is 29.7 Å². The Morgan fingerprint density at radius 3 is 1.90 bits per heavy atom. The van der Waals surface area contributed by atoms with Crippen molar-refractivity contribution in [3.8, 4) is 0 Å². The van der Waals surface area contributed by atoms with Crippen LogP contribution in [0.2, 0.25) is 0 Å². The Kier molecular flexibility index (Phi) is 6.42. The molecule has 0 N–H and O–H groups in total. The van der Waals surface area contributed by atoms with E-state index in [2.05, 4.69) is 20.9 Å². The normalized spacial score (nSPS) is 11.4. The molecule has 0 radical (unpaired) electrons. The second-order valence-electron chi connectivity index (χ2n) is 6.06. The number of hydrogen-bond donors (Lipinski definition) is 0. The van der Waals surface area contributed by atoms with Crippen molar-refractivity contribution in [2.45, 2.75) is 4.90 Å². The van der Waals surface area contributed by atoms with Crippen molar-refractivity contribution in [3.05, 3.63) is 103 Å². The van der Waals surface area contributed by atoms with Gasteiger partial charge in [-0.2, -0.15) is 0 Å². The van der Waals surface area contributed by atoms with E-state index in [1.807, 2.05) is 0 Å². The highest BCUT2D eigenvalue weighted by Crippen LogP contribution is 2.28. The molecule has 2 aromatic carbocycles. The van der Waals surface area contributed by atoms with E-state index in [1.54, 1.807) is 12.1 Å². The fourth-order valence-corrected chi connectivity index (χ4v) is 3.71. The Morgan fingerprint density at radius 1 is 0.871 bits per heavy atom. The highest BCUT2D eigenvalue weighted by Gasteiger charge is 2.16. The van der Waals surface area contributed by atoms with Crippen molar-refractivity contribution >= 4 is 48.6 Å². The summed E-state index contributed by atoms with van der Waals surface area (Å²) >= 11 is 3.28. The summed E-state index contributed by atoms with van der Waals surface area (Å²) in [4.78, 5) is 26.1. The minimum atomic E-state index is -3.93. The second-order valence-corrected chi connectivity index (χ2v) is 8.81. The molecule has 0 saturated carbocycles. The standard InChI is InChI=1S/C19H13BrN4O6S/c20-14-1-10-19(21-13-14)22(15-2-4-16(5-3-15)23(25)26)11-12-31(29,30)18-8-6-17(7-9-18)24(27)28/h1-13H. The Hall–Kier alpha value is -3.64. The summed E-state index contributed by atoms with van der Waals surface area (Å²) in [6.07, 6.45) is 2.78. The number of pyridine rings is 1. The lowest BCUT2D eigenvalue weighted by molar-refractivity contribution is -0.385. The van der Waals surface area contributed by atoms with Gasteiger partial charge in [-0.3, -0.25) is 20.2 Å². The summed E-state index contributed by atoms with van der Waals surface area (Å²) < 4.78 is 26.1. The van der Waals surface area contributed by atoms with Gasteiger partial charge in [-0.05, 0) is 52.3 Å². The van der Waals surface area contributed by atoms with Gasteiger partial charge in [-0.15, -0.1) is 0 Å². The maximum absolute atomic E-state index is 12.7. The number of sulfone groups is 1. The van der Waals surface area contributed by atoms with Gasteiger partial charge in [0.2, 0.25) is 9.84 Å². The van der Waals surface area contributed by atoms with Gasteiger partial charge in [0.05, 0.1) is 20.2 Å². The quantitative estimate of drug-likeness (QED) is 0.332. The molecule has 3 aromatic rings. The summed E-state index contributed by atoms with van der Waals surface area (Å²) in [7, 11) is -3.93. The molecule has 0 aliphatic rings. The number of nitro groups is 2. The molecule has 0 aliphatic carbocycles. The maximum Gasteiger partial charge on any atom is 0.269 e. The molecule has 0 aliphatic heterocycles. The largest absolute Gasteiger partial charge is 0.301 e. The number of benzene rings is 2. The number of non-ortho nitro benzene ring substituents is 2. The predicted octanol–water partition coefficient (Wildman–Crippen LogP) is 4.74. The van der Waals surface area contributed by atoms with E-state index in [9.17, 15) is 28.6 Å². The first kappa shape index (κ1) is 22.1. The first-order valence-electron chi connectivity index (χ1n) is 8.50. The molecule has 0 fully saturated rings. The predicted molar refractivity (Wildman–Crippen MR) is 117 cm³/mol. The summed E-state index contributed by atoms with van der Waals surface area (Å²) in [5, 5.41) is 22.6. The number of hydrogen-bond acceptors (Lipinski definition) is 8. The second kappa shape index (κ2) is 9.02. The van der Waals surface area contributed by atoms with Gasteiger partial charge in [0.25, 0.3) is 11.4 Å². The fourth-order valence-electron chi connectivity index (χ4n) is 2.52. The van der Waals surface area contributed by atoms with Gasteiger partial charge >= 0.3 is 0 Å². The van der Waals surface area contributed by atoms with Crippen molar-refractivity contribution in [2.24, 2.45) is 0 Å². The summed E-state index contributed by atoms with van der Waals surface area (Å²) in [5.74, 6) is 0.368. The number of nitrogens with zero attached hydrogens (tertiary/aromatic N) is 4. The third-order valence-corrected chi connectivity index (χ3v) is 5.94. The van der Waals surface area contributed by atoms with Crippen LogP contribution in [0.5, 0.6) is 0 Å². The third-order valence-electron chi connectivity index (χ3n) is 4.06. The summed E-state index contributed by atoms with van der Waals surface area (Å²) in [6.45, 7) is 0. The number of halogens is 1. The van der Waals surface area contributed by atoms with Crippen molar-refractivity contribution in [3.63, 3.8) is 0 Å². The Labute approximate surface area is 184 Å². The van der Waals surface area contributed by atoms with Crippen LogP contribution < -0.4 is 4.90 Å². The van der Waals surface area contributed by atoms with Gasteiger partial charge in [0, 0.05) is 46.8 Å². The van der Waals surface area contributed by atoms with E-state index in [-0.39, 0.29) is 16.3 Å². The topological polar surface area (TPSA) is 137 Å². The summed E-state index contributed by atoms with van der Waals surface area (Å²) in [6, 6.07) is 13.3. The van der Waals surface area contributed by atoms with Crippen LogP contribution in [0.15, 0.2) is 87.8 Å². The number of nitro benzene ring substituents is 2. The number of anilines is 2. The lowest BCUT2D eigenvalue weighted by Crippen LogP contribution is -2.11. The molecule has 0 atom stereocenters. The maximum atomic E-state index is 12.7. The van der Waals surface area contributed by atoms with Crippen LogP contribution in [0, 0.1) is 20.2 Å². The fraction of sp³-hybridized carbons (Fsp3) is 0. The monoisotopic (exact) mass is 504 g/mol. The van der Waals surface area contributed by atoms with Crippen LogP contribution in [0.25, 0.3) is 0 Å². The highest BCUT2D eigenvalue weighted by molar-refractivity contribution is 9.10. The van der Waals surface area contributed by atoms with Crippen LogP contribution in [0.3, 0.4) is 0 Å². The molecule has 0 unspecified atom stereocenters. The van der Waals surface area contributed by atoms with Crippen LogP contribution in [-0.2, 0) is 9.84 Å². The zero-order chi connectivity index (χ0) is 22.6. The van der Waals surface area contributed by atoms with Crippen molar-refractivity contribution in [2.75, 3.05) is 4.90 Å². The van der Waals surface area contributed by atoms with E-state index in [1.165, 1.54) is 41.6 Å². The Balaban J connectivity index is 1.99. The van der Waals surface area contributed by atoms with Crippen LogP contribution in [0.4, 0.5) is 22.9 Å². The van der Waals surface area contributed by atoms with Crippen LogP contribution in [0.1, 0.15) is 0 Å². The molecule has 3 rings (SSSR count). The van der Waals surface area contributed by atoms with Crippen LogP contribution in [-0.4, -0.2) is 23.2 Å². The lowest BCUT2D eigenvalue weighted by Gasteiger charge is -2.19. The molecule has 0 saturated heterocycles. The summed E-state index contributed by atoms with van der Waals surface area (Å²) in [5.41, 5.74) is 0.0972. The van der Waals surface area contributed by atoms with E-state index in [0.29, 0.717) is 16.0 Å². The van der Waals surface area contributed by atoms with Crippen molar-refractivity contribution < 1.29 is 18.3 Å². The average molecular weight is 505 g/mol. The molecule has 0 amide bonds. The molecule has 12 heteroatoms. The van der Waals surface area contributed by atoms with E-state index >= 15 is 0 Å². The Morgan fingerprint density at radius 2 is 1.42 bits per heavy atom. The van der Waals surface area contributed by atoms with E-state index < -0.39 is 19.7 Å². The molecule has 1 heterocycles. The molecular weight excluding hydrogens is 492 g/mol. The lowest BCUT2D eigenvalue weighted by atomic mass is 10.2. The minimum Gasteiger partial charge on any atom is -0.301 e. The molecule has 31 heavy (non-hydrogen) atoms. The number of aromatic nitrogens is 1. The minimum absolute atomic E-state index is 0.116. The van der Waals surface area contributed by atoms with Crippen molar-refractivity contribution in [1.29, 1.82) is 0 Å². The van der Waals surface area contributed by atoms with Gasteiger partial charge in [0.15, 0.2) is 0 Å². The molecule has 0 spiro atoms. The molecule has 158 valence electrons. The molecule has 0 bridgehead atoms. The number of rotatable bonds is 7. The van der Waals surface area contributed by atoms with Crippen LogP contribution >= 0.6 is 15.9 Å². The first-order valence-corrected chi connectivity index (χ1v) is 10.8. The highest BCUT2D eigenvalue weighted by atomic mass is 79.9. The SMILES string of the molecule is O=[N+]([O-])c1ccc(N(C=CS(=O)(=O)c2ccc([N+](=O)[O-])cc2)c2ccc(Br)cn2)cc1. The zero-order valence-corrected chi connectivity index (χ0v) is 17.9. The molecular formula is C19H13BrN4O6S. The molecule has 10 nitrogen and oxygen atoms in total. The average Bonchev–Trinajstić information content (AvgIpc) is 2.75. The Bertz CT molecular complexity index is 1240. The van der Waals surface area contributed by atoms with Crippen molar-refractivity contribution in [1.82, 2.24) is 4.98 Å². The van der Waals surface area contributed by atoms with Gasteiger partial charge in [-0.25, -0.2) is 13.4 Å².